The summed E-state index contributed by atoms with van der Waals surface area (Å²) < 4.78 is 10.5. The van der Waals surface area contributed by atoms with Crippen LogP contribution in [0, 0.1) is 5.92 Å². The van der Waals surface area contributed by atoms with E-state index < -0.39 is 0 Å². The third-order valence-corrected chi connectivity index (χ3v) is 3.30. The maximum Gasteiger partial charge on any atom is 0.224 e. The molecule has 0 aliphatic heterocycles. The number of ether oxygens (including phenoxy) is 2. The van der Waals surface area contributed by atoms with Crippen molar-refractivity contribution in [1.82, 2.24) is 15.3 Å². The van der Waals surface area contributed by atoms with Crippen LogP contribution in [0.1, 0.15) is 45.6 Å². The van der Waals surface area contributed by atoms with Gasteiger partial charge in [-0.3, -0.25) is 0 Å². The van der Waals surface area contributed by atoms with E-state index in [1.165, 1.54) is 19.2 Å². The van der Waals surface area contributed by atoms with Crippen LogP contribution >= 0.6 is 0 Å². The Kier molecular flexibility index (Phi) is 7.30. The van der Waals surface area contributed by atoms with E-state index in [9.17, 15) is 0 Å². The zero-order valence-corrected chi connectivity index (χ0v) is 13.3. The highest BCUT2D eigenvalue weighted by Crippen LogP contribution is 2.23. The van der Waals surface area contributed by atoms with Crippen LogP contribution < -0.4 is 14.8 Å². The van der Waals surface area contributed by atoms with Crippen molar-refractivity contribution in [3.8, 4) is 11.8 Å². The molecule has 0 saturated carbocycles. The van der Waals surface area contributed by atoms with Gasteiger partial charge in [0.15, 0.2) is 0 Å². The van der Waals surface area contributed by atoms with Gasteiger partial charge in [0.05, 0.1) is 19.8 Å². The second kappa shape index (κ2) is 8.74. The number of hydrogen-bond acceptors (Lipinski definition) is 5. The van der Waals surface area contributed by atoms with Crippen molar-refractivity contribution in [2.45, 2.75) is 52.6 Å². The van der Waals surface area contributed by atoms with E-state index in [0.717, 1.165) is 17.9 Å². The maximum absolute atomic E-state index is 5.26. The van der Waals surface area contributed by atoms with Crippen molar-refractivity contribution >= 4 is 0 Å². The molecule has 5 nitrogen and oxygen atoms in total. The lowest BCUT2D eigenvalue weighted by molar-refractivity contribution is 0.355. The van der Waals surface area contributed by atoms with Gasteiger partial charge in [0, 0.05) is 12.6 Å². The Labute approximate surface area is 122 Å². The molecule has 1 rings (SSSR count). The van der Waals surface area contributed by atoms with Gasteiger partial charge in [-0.05, 0) is 19.3 Å². The minimum Gasteiger partial charge on any atom is -0.481 e. The molecule has 0 bridgehead atoms. The fraction of sp³-hybridized carbons (Fsp3) is 0.733. The van der Waals surface area contributed by atoms with Gasteiger partial charge in [0.2, 0.25) is 11.8 Å². The zero-order valence-electron chi connectivity index (χ0n) is 13.3. The number of aromatic nitrogens is 2. The van der Waals surface area contributed by atoms with Crippen LogP contribution in [0.4, 0.5) is 0 Å². The molecule has 114 valence electrons. The van der Waals surface area contributed by atoms with E-state index in [4.69, 9.17) is 9.47 Å². The molecule has 0 radical (unpaired) electrons. The summed E-state index contributed by atoms with van der Waals surface area (Å²) >= 11 is 0. The summed E-state index contributed by atoms with van der Waals surface area (Å²) in [6.45, 7) is 7.36. The third-order valence-electron chi connectivity index (χ3n) is 3.30. The summed E-state index contributed by atoms with van der Waals surface area (Å²) in [5.41, 5.74) is 0.869. The topological polar surface area (TPSA) is 56.3 Å². The molecule has 0 fully saturated rings. The van der Waals surface area contributed by atoms with Gasteiger partial charge in [0.1, 0.15) is 6.33 Å². The molecule has 1 heterocycles. The normalized spacial score (nSPS) is 12.5. The molecule has 1 aromatic rings. The number of rotatable bonds is 9. The van der Waals surface area contributed by atoms with E-state index in [-0.39, 0.29) is 0 Å². The molecule has 0 aliphatic carbocycles. The first-order valence-corrected chi connectivity index (χ1v) is 7.23. The lowest BCUT2D eigenvalue weighted by atomic mass is 10.0. The molecule has 0 aliphatic rings. The van der Waals surface area contributed by atoms with Gasteiger partial charge in [-0.2, -0.15) is 0 Å². The molecule has 0 amide bonds. The van der Waals surface area contributed by atoms with Gasteiger partial charge in [-0.25, -0.2) is 9.97 Å². The first-order chi connectivity index (χ1) is 9.58. The average molecular weight is 281 g/mol. The van der Waals surface area contributed by atoms with Crippen molar-refractivity contribution in [2.75, 3.05) is 14.2 Å². The summed E-state index contributed by atoms with van der Waals surface area (Å²) in [6, 6.07) is 0.448. The number of nitrogens with one attached hydrogen (secondary N) is 1. The second-order valence-electron chi connectivity index (χ2n) is 5.48. The first-order valence-electron chi connectivity index (χ1n) is 7.23. The predicted octanol–water partition coefficient (Wildman–Crippen LogP) is 2.80. The molecule has 1 N–H and O–H groups in total. The Bertz CT molecular complexity index is 374. The molecule has 0 spiro atoms. The summed E-state index contributed by atoms with van der Waals surface area (Å²) in [4.78, 5) is 8.23. The Balaban J connectivity index is 2.52. The summed E-state index contributed by atoms with van der Waals surface area (Å²) in [5, 5.41) is 3.48. The molecule has 20 heavy (non-hydrogen) atoms. The second-order valence-corrected chi connectivity index (χ2v) is 5.48. The van der Waals surface area contributed by atoms with Gasteiger partial charge in [-0.1, -0.05) is 26.7 Å². The Morgan fingerprint density at radius 2 is 1.65 bits per heavy atom. The van der Waals surface area contributed by atoms with Gasteiger partial charge in [0.25, 0.3) is 0 Å². The van der Waals surface area contributed by atoms with Crippen LogP contribution in [-0.2, 0) is 6.54 Å². The Morgan fingerprint density at radius 1 is 1.05 bits per heavy atom. The minimum absolute atomic E-state index is 0.448. The summed E-state index contributed by atoms with van der Waals surface area (Å²) in [6.07, 6.45) is 5.13. The quantitative estimate of drug-likeness (QED) is 0.754. The molecular formula is C15H27N3O2. The molecule has 0 saturated heterocycles. The number of methoxy groups -OCH3 is 2. The number of nitrogens with zero attached hydrogens (tertiary/aromatic N) is 2. The van der Waals surface area contributed by atoms with Crippen LogP contribution in [0.15, 0.2) is 6.33 Å². The fourth-order valence-corrected chi connectivity index (χ4v) is 2.09. The van der Waals surface area contributed by atoms with Crippen molar-refractivity contribution < 1.29 is 9.47 Å². The van der Waals surface area contributed by atoms with Crippen molar-refractivity contribution in [1.29, 1.82) is 0 Å². The van der Waals surface area contributed by atoms with E-state index in [1.54, 1.807) is 14.2 Å². The lowest BCUT2D eigenvalue weighted by Crippen LogP contribution is -2.26. The minimum atomic E-state index is 0.448. The third kappa shape index (κ3) is 5.33. The smallest absolute Gasteiger partial charge is 0.224 e. The SMILES string of the molecule is COc1ncnc(OC)c1CNC(C)CCCC(C)C. The largest absolute Gasteiger partial charge is 0.481 e. The first kappa shape index (κ1) is 16.7. The Morgan fingerprint density at radius 3 is 2.15 bits per heavy atom. The van der Waals surface area contributed by atoms with Crippen molar-refractivity contribution in [3.63, 3.8) is 0 Å². The highest BCUT2D eigenvalue weighted by atomic mass is 16.5. The summed E-state index contributed by atoms with van der Waals surface area (Å²) in [7, 11) is 3.22. The zero-order chi connectivity index (χ0) is 15.0. The monoisotopic (exact) mass is 281 g/mol. The van der Waals surface area contributed by atoms with Gasteiger partial charge in [-0.15, -0.1) is 0 Å². The molecule has 1 atom stereocenters. The molecule has 1 aromatic heterocycles. The van der Waals surface area contributed by atoms with E-state index in [1.807, 2.05) is 0 Å². The molecule has 0 aromatic carbocycles. The maximum atomic E-state index is 5.26. The van der Waals surface area contributed by atoms with Crippen LogP contribution in [0.2, 0.25) is 0 Å². The van der Waals surface area contributed by atoms with E-state index in [0.29, 0.717) is 24.3 Å². The van der Waals surface area contributed by atoms with Crippen molar-refractivity contribution in [3.05, 3.63) is 11.9 Å². The van der Waals surface area contributed by atoms with Crippen LogP contribution in [0.25, 0.3) is 0 Å². The van der Waals surface area contributed by atoms with Gasteiger partial charge < -0.3 is 14.8 Å². The highest BCUT2D eigenvalue weighted by molar-refractivity contribution is 5.34. The molecular weight excluding hydrogens is 254 g/mol. The lowest BCUT2D eigenvalue weighted by Gasteiger charge is -2.16. The van der Waals surface area contributed by atoms with Gasteiger partial charge >= 0.3 is 0 Å². The summed E-state index contributed by atoms with van der Waals surface area (Å²) in [5.74, 6) is 1.90. The van der Waals surface area contributed by atoms with Crippen LogP contribution in [0.5, 0.6) is 11.8 Å². The fourth-order valence-electron chi connectivity index (χ4n) is 2.09. The number of hydrogen-bond donors (Lipinski definition) is 1. The van der Waals surface area contributed by atoms with Crippen molar-refractivity contribution in [2.24, 2.45) is 5.92 Å². The average Bonchev–Trinajstić information content (AvgIpc) is 2.44. The van der Waals surface area contributed by atoms with Crippen LogP contribution in [0.3, 0.4) is 0 Å². The van der Waals surface area contributed by atoms with E-state index in [2.05, 4.69) is 36.1 Å². The highest BCUT2D eigenvalue weighted by Gasteiger charge is 2.13. The molecule has 5 heteroatoms. The van der Waals surface area contributed by atoms with E-state index >= 15 is 0 Å². The van der Waals surface area contributed by atoms with Crippen LogP contribution in [-0.4, -0.2) is 30.2 Å². The molecule has 1 unspecified atom stereocenters. The Hall–Kier alpha value is -1.36. The standard InChI is InChI=1S/C15H27N3O2/c1-11(2)7-6-8-12(3)16-9-13-14(19-4)17-10-18-15(13)20-5/h10-12,16H,6-9H2,1-5H3. The predicted molar refractivity (Wildman–Crippen MR) is 80.1 cm³/mol.